The lowest BCUT2D eigenvalue weighted by molar-refractivity contribution is -0.130. The standard InChI is InChI=1S/C11H17ClN2O4S/c1-3-17-11(18-4-2)8-14-19(15,16)9-5-6-13-10(12)7-9/h5-7,11,14H,3-4,8H2,1-2H3. The largest absolute Gasteiger partial charge is 0.352 e. The summed E-state index contributed by atoms with van der Waals surface area (Å²) in [5.74, 6) is 0. The molecule has 0 aliphatic carbocycles. The maximum atomic E-state index is 12.0. The average molecular weight is 309 g/mol. The quantitative estimate of drug-likeness (QED) is 0.580. The highest BCUT2D eigenvalue weighted by molar-refractivity contribution is 7.89. The Kier molecular flexibility index (Phi) is 6.67. The number of aromatic nitrogens is 1. The third-order valence-corrected chi connectivity index (χ3v) is 3.78. The lowest BCUT2D eigenvalue weighted by Crippen LogP contribution is -2.35. The van der Waals surface area contributed by atoms with Gasteiger partial charge >= 0.3 is 0 Å². The number of hydrogen-bond acceptors (Lipinski definition) is 5. The average Bonchev–Trinajstić information content (AvgIpc) is 2.37. The summed E-state index contributed by atoms with van der Waals surface area (Å²) < 4.78 is 36.9. The lowest BCUT2D eigenvalue weighted by Gasteiger charge is -2.17. The van der Waals surface area contributed by atoms with Crippen LogP contribution in [0.4, 0.5) is 0 Å². The van der Waals surface area contributed by atoms with Crippen molar-refractivity contribution in [2.24, 2.45) is 0 Å². The van der Waals surface area contributed by atoms with Crippen LogP contribution in [0.3, 0.4) is 0 Å². The Morgan fingerprint density at radius 1 is 1.37 bits per heavy atom. The molecule has 0 atom stereocenters. The van der Waals surface area contributed by atoms with Crippen molar-refractivity contribution < 1.29 is 17.9 Å². The summed E-state index contributed by atoms with van der Waals surface area (Å²) in [4.78, 5) is 3.79. The summed E-state index contributed by atoms with van der Waals surface area (Å²) in [6.45, 7) is 4.53. The monoisotopic (exact) mass is 308 g/mol. The van der Waals surface area contributed by atoms with E-state index in [1.54, 1.807) is 0 Å². The molecular formula is C11H17ClN2O4S. The maximum Gasteiger partial charge on any atom is 0.240 e. The molecule has 19 heavy (non-hydrogen) atoms. The fourth-order valence-electron chi connectivity index (χ4n) is 1.35. The maximum absolute atomic E-state index is 12.0. The van der Waals surface area contributed by atoms with Gasteiger partial charge in [0.25, 0.3) is 0 Å². The number of halogens is 1. The van der Waals surface area contributed by atoms with Crippen LogP contribution in [0.5, 0.6) is 0 Å². The molecule has 0 spiro atoms. The first-order valence-electron chi connectivity index (χ1n) is 5.84. The van der Waals surface area contributed by atoms with E-state index in [1.807, 2.05) is 13.8 Å². The molecule has 0 radical (unpaired) electrons. The predicted molar refractivity (Wildman–Crippen MR) is 71.5 cm³/mol. The number of ether oxygens (including phenoxy) is 2. The summed E-state index contributed by atoms with van der Waals surface area (Å²) in [5, 5.41) is 0.119. The molecule has 0 aromatic carbocycles. The van der Waals surface area contributed by atoms with Gasteiger partial charge in [-0.2, -0.15) is 0 Å². The molecule has 1 N–H and O–H groups in total. The topological polar surface area (TPSA) is 77.5 Å². The van der Waals surface area contributed by atoms with Crippen molar-refractivity contribution in [3.8, 4) is 0 Å². The summed E-state index contributed by atoms with van der Waals surface area (Å²) in [7, 11) is -3.65. The molecule has 1 heterocycles. The van der Waals surface area contributed by atoms with Gasteiger partial charge in [-0.1, -0.05) is 11.6 Å². The van der Waals surface area contributed by atoms with Gasteiger partial charge in [0.2, 0.25) is 10.0 Å². The van der Waals surface area contributed by atoms with Crippen LogP contribution in [-0.2, 0) is 19.5 Å². The Morgan fingerprint density at radius 2 is 2.00 bits per heavy atom. The first kappa shape index (κ1) is 16.3. The van der Waals surface area contributed by atoms with Gasteiger partial charge in [0.05, 0.1) is 11.4 Å². The summed E-state index contributed by atoms with van der Waals surface area (Å²) in [6.07, 6.45) is 0.724. The zero-order valence-electron chi connectivity index (χ0n) is 10.8. The molecule has 0 aliphatic rings. The summed E-state index contributed by atoms with van der Waals surface area (Å²) in [6, 6.07) is 2.64. The van der Waals surface area contributed by atoms with E-state index in [-0.39, 0.29) is 16.6 Å². The Balaban J connectivity index is 2.69. The van der Waals surface area contributed by atoms with Crippen LogP contribution in [0.1, 0.15) is 13.8 Å². The Bertz CT molecular complexity index is 489. The van der Waals surface area contributed by atoms with Crippen molar-refractivity contribution in [1.82, 2.24) is 9.71 Å². The van der Waals surface area contributed by atoms with Crippen LogP contribution in [-0.4, -0.2) is 39.5 Å². The van der Waals surface area contributed by atoms with Crippen molar-refractivity contribution in [2.75, 3.05) is 19.8 Å². The lowest BCUT2D eigenvalue weighted by atomic mass is 10.5. The first-order valence-corrected chi connectivity index (χ1v) is 7.70. The smallest absolute Gasteiger partial charge is 0.240 e. The van der Waals surface area contributed by atoms with Gasteiger partial charge in [0, 0.05) is 19.4 Å². The van der Waals surface area contributed by atoms with Crippen LogP contribution < -0.4 is 4.72 Å². The zero-order chi connectivity index (χ0) is 14.3. The van der Waals surface area contributed by atoms with Gasteiger partial charge in [-0.3, -0.25) is 0 Å². The normalized spacial score (nSPS) is 12.0. The third kappa shape index (κ3) is 5.42. The van der Waals surface area contributed by atoms with Gasteiger partial charge in [0.1, 0.15) is 5.15 Å². The highest BCUT2D eigenvalue weighted by Crippen LogP contribution is 2.12. The van der Waals surface area contributed by atoms with Crippen molar-refractivity contribution in [1.29, 1.82) is 0 Å². The second kappa shape index (κ2) is 7.76. The second-order valence-corrected chi connectivity index (χ2v) is 5.66. The third-order valence-electron chi connectivity index (χ3n) is 2.15. The Hall–Kier alpha value is -0.730. The van der Waals surface area contributed by atoms with Crippen LogP contribution >= 0.6 is 11.6 Å². The fourth-order valence-corrected chi connectivity index (χ4v) is 2.62. The van der Waals surface area contributed by atoms with E-state index in [4.69, 9.17) is 21.1 Å². The van der Waals surface area contributed by atoms with Gasteiger partial charge in [-0.05, 0) is 26.0 Å². The van der Waals surface area contributed by atoms with Crippen LogP contribution in [0.25, 0.3) is 0 Å². The van der Waals surface area contributed by atoms with E-state index in [9.17, 15) is 8.42 Å². The second-order valence-electron chi connectivity index (χ2n) is 3.51. The molecule has 0 fully saturated rings. The molecule has 0 bridgehead atoms. The van der Waals surface area contributed by atoms with Crippen LogP contribution in [0, 0.1) is 0 Å². The molecule has 0 saturated heterocycles. The fraction of sp³-hybridized carbons (Fsp3) is 0.545. The highest BCUT2D eigenvalue weighted by Gasteiger charge is 2.17. The minimum Gasteiger partial charge on any atom is -0.352 e. The van der Waals surface area contributed by atoms with E-state index in [2.05, 4.69) is 9.71 Å². The van der Waals surface area contributed by atoms with Gasteiger partial charge in [-0.25, -0.2) is 18.1 Å². The molecule has 1 aromatic heterocycles. The molecule has 0 amide bonds. The van der Waals surface area contributed by atoms with Gasteiger partial charge in [-0.15, -0.1) is 0 Å². The molecule has 1 aromatic rings. The number of pyridine rings is 1. The Labute approximate surface area is 118 Å². The first-order chi connectivity index (χ1) is 8.99. The molecule has 0 unspecified atom stereocenters. The van der Waals surface area contributed by atoms with Crippen LogP contribution in [0.2, 0.25) is 5.15 Å². The number of sulfonamides is 1. The van der Waals surface area contributed by atoms with Crippen molar-refractivity contribution in [2.45, 2.75) is 25.0 Å². The van der Waals surface area contributed by atoms with Gasteiger partial charge < -0.3 is 9.47 Å². The number of hydrogen-bond donors (Lipinski definition) is 1. The number of rotatable bonds is 8. The minimum atomic E-state index is -3.65. The SMILES string of the molecule is CCOC(CNS(=O)(=O)c1ccnc(Cl)c1)OCC. The molecule has 0 saturated carbocycles. The molecular weight excluding hydrogens is 292 g/mol. The number of nitrogens with zero attached hydrogens (tertiary/aromatic N) is 1. The van der Waals surface area contributed by atoms with Gasteiger partial charge in [0.15, 0.2) is 6.29 Å². The van der Waals surface area contributed by atoms with E-state index in [0.29, 0.717) is 13.2 Å². The van der Waals surface area contributed by atoms with E-state index in [1.165, 1.54) is 18.3 Å². The molecule has 108 valence electrons. The van der Waals surface area contributed by atoms with Crippen molar-refractivity contribution >= 4 is 21.6 Å². The molecule has 0 aliphatic heterocycles. The predicted octanol–water partition coefficient (Wildman–Crippen LogP) is 1.41. The van der Waals surface area contributed by atoms with E-state index >= 15 is 0 Å². The summed E-state index contributed by atoms with van der Waals surface area (Å²) in [5.41, 5.74) is 0. The Morgan fingerprint density at radius 3 is 2.53 bits per heavy atom. The minimum absolute atomic E-state index is 0.0317. The van der Waals surface area contributed by atoms with Crippen LogP contribution in [0.15, 0.2) is 23.2 Å². The highest BCUT2D eigenvalue weighted by atomic mass is 35.5. The molecule has 1 rings (SSSR count). The van der Waals surface area contributed by atoms with Crippen molar-refractivity contribution in [3.63, 3.8) is 0 Å². The molecule has 8 heteroatoms. The zero-order valence-corrected chi connectivity index (χ0v) is 12.4. The van der Waals surface area contributed by atoms with E-state index in [0.717, 1.165) is 0 Å². The molecule has 6 nitrogen and oxygen atoms in total. The van der Waals surface area contributed by atoms with E-state index < -0.39 is 16.3 Å². The number of nitrogens with one attached hydrogen (secondary N) is 1. The summed E-state index contributed by atoms with van der Waals surface area (Å²) >= 11 is 5.66. The van der Waals surface area contributed by atoms with Crippen molar-refractivity contribution in [3.05, 3.63) is 23.5 Å².